The third-order valence-corrected chi connectivity index (χ3v) is 1.64. The Kier molecular flexibility index (Phi) is 3.45. The van der Waals surface area contributed by atoms with E-state index >= 15 is 0 Å². The third-order valence-electron chi connectivity index (χ3n) is 1.64. The van der Waals surface area contributed by atoms with Crippen molar-refractivity contribution in [3.8, 4) is 0 Å². The van der Waals surface area contributed by atoms with Crippen molar-refractivity contribution in [3.63, 3.8) is 0 Å². The van der Waals surface area contributed by atoms with Gasteiger partial charge in [0.05, 0.1) is 6.54 Å². The zero-order valence-electron chi connectivity index (χ0n) is 7.78. The average molecular weight is 183 g/mol. The van der Waals surface area contributed by atoms with Crippen molar-refractivity contribution in [3.05, 3.63) is 18.2 Å². The number of nitrogens with one attached hydrogen (secondary N) is 1. The first kappa shape index (κ1) is 9.73. The molecule has 0 bridgehead atoms. The fourth-order valence-corrected chi connectivity index (χ4v) is 0.927. The summed E-state index contributed by atoms with van der Waals surface area (Å²) in [5.74, 6) is 0.690. The molecule has 1 rings (SSSR count). The number of nitrogens with zero attached hydrogens (tertiary/aromatic N) is 2. The van der Waals surface area contributed by atoms with Gasteiger partial charge in [-0.1, -0.05) is 0 Å². The monoisotopic (exact) mass is 183 g/mol. The number of carbonyl (C=O) groups is 1. The second-order valence-electron chi connectivity index (χ2n) is 2.66. The van der Waals surface area contributed by atoms with Crippen molar-refractivity contribution >= 4 is 5.91 Å². The van der Waals surface area contributed by atoms with Crippen molar-refractivity contribution in [1.29, 1.82) is 0 Å². The van der Waals surface area contributed by atoms with Gasteiger partial charge in [-0.2, -0.15) is 0 Å². The molecule has 5 heteroatoms. The van der Waals surface area contributed by atoms with Gasteiger partial charge in [0.25, 0.3) is 0 Å². The second kappa shape index (κ2) is 4.61. The van der Waals surface area contributed by atoms with Crippen LogP contribution in [0, 0.1) is 0 Å². The molecule has 0 fully saturated rings. The number of ether oxygens (including phenoxy) is 1. The fraction of sp³-hybridized carbons (Fsp3) is 0.500. The summed E-state index contributed by atoms with van der Waals surface area (Å²) >= 11 is 0. The zero-order valence-corrected chi connectivity index (χ0v) is 7.78. The standard InChI is InChI=1S/C8H13N3O2/c1-11-4-3-9-7(11)5-10-8(12)6-13-2/h3-4H,5-6H2,1-2H3,(H,10,12). The van der Waals surface area contributed by atoms with Crippen molar-refractivity contribution in [1.82, 2.24) is 14.9 Å². The lowest BCUT2D eigenvalue weighted by atomic mass is 10.5. The Morgan fingerprint density at radius 1 is 1.77 bits per heavy atom. The van der Waals surface area contributed by atoms with E-state index in [1.807, 2.05) is 17.8 Å². The van der Waals surface area contributed by atoms with Gasteiger partial charge >= 0.3 is 0 Å². The molecule has 0 spiro atoms. The van der Waals surface area contributed by atoms with E-state index in [9.17, 15) is 4.79 Å². The molecule has 1 aromatic heterocycles. The molecule has 1 aromatic rings. The Balaban J connectivity index is 2.35. The van der Waals surface area contributed by atoms with Gasteiger partial charge in [0.1, 0.15) is 12.4 Å². The molecule has 1 N–H and O–H groups in total. The van der Waals surface area contributed by atoms with Crippen molar-refractivity contribution in [2.45, 2.75) is 6.54 Å². The molecule has 72 valence electrons. The molecular weight excluding hydrogens is 170 g/mol. The summed E-state index contributed by atoms with van der Waals surface area (Å²) in [5.41, 5.74) is 0. The van der Waals surface area contributed by atoms with Gasteiger partial charge in [0.15, 0.2) is 0 Å². The summed E-state index contributed by atoms with van der Waals surface area (Å²) in [6.07, 6.45) is 3.52. The normalized spacial score (nSPS) is 10.0. The maximum absolute atomic E-state index is 11.0. The van der Waals surface area contributed by atoms with Crippen molar-refractivity contribution in [2.24, 2.45) is 7.05 Å². The average Bonchev–Trinajstić information content (AvgIpc) is 2.48. The Hall–Kier alpha value is -1.36. The molecule has 0 unspecified atom stereocenters. The maximum atomic E-state index is 11.0. The summed E-state index contributed by atoms with van der Waals surface area (Å²) in [5, 5.41) is 2.68. The highest BCUT2D eigenvalue weighted by Crippen LogP contribution is 1.92. The Labute approximate surface area is 76.7 Å². The van der Waals surface area contributed by atoms with Crippen LogP contribution in [0.4, 0.5) is 0 Å². The van der Waals surface area contributed by atoms with Gasteiger partial charge in [0, 0.05) is 26.6 Å². The predicted molar refractivity (Wildman–Crippen MR) is 46.9 cm³/mol. The van der Waals surface area contributed by atoms with E-state index in [1.165, 1.54) is 7.11 Å². The van der Waals surface area contributed by atoms with E-state index < -0.39 is 0 Å². The number of methoxy groups -OCH3 is 1. The van der Waals surface area contributed by atoms with Crippen LogP contribution in [0.25, 0.3) is 0 Å². The van der Waals surface area contributed by atoms with Crippen LogP contribution in [0.2, 0.25) is 0 Å². The molecule has 0 aromatic carbocycles. The van der Waals surface area contributed by atoms with E-state index in [0.717, 1.165) is 5.82 Å². The third kappa shape index (κ3) is 2.87. The SMILES string of the molecule is COCC(=O)NCc1nccn1C. The lowest BCUT2D eigenvalue weighted by Crippen LogP contribution is -2.27. The van der Waals surface area contributed by atoms with E-state index in [2.05, 4.69) is 15.0 Å². The Morgan fingerprint density at radius 3 is 3.08 bits per heavy atom. The first-order chi connectivity index (χ1) is 6.24. The molecule has 0 aliphatic heterocycles. The lowest BCUT2D eigenvalue weighted by Gasteiger charge is -2.03. The zero-order chi connectivity index (χ0) is 9.68. The number of rotatable bonds is 4. The minimum Gasteiger partial charge on any atom is -0.375 e. The van der Waals surface area contributed by atoms with Gasteiger partial charge in [-0.25, -0.2) is 4.98 Å². The van der Waals surface area contributed by atoms with Crippen LogP contribution in [0.1, 0.15) is 5.82 Å². The fourth-order valence-electron chi connectivity index (χ4n) is 0.927. The van der Waals surface area contributed by atoms with Crippen LogP contribution >= 0.6 is 0 Å². The van der Waals surface area contributed by atoms with Crippen LogP contribution in [-0.2, 0) is 23.1 Å². The van der Waals surface area contributed by atoms with Gasteiger partial charge in [-0.05, 0) is 0 Å². The first-order valence-electron chi connectivity index (χ1n) is 3.96. The van der Waals surface area contributed by atoms with Crippen LogP contribution in [0.5, 0.6) is 0 Å². The predicted octanol–water partition coefficient (Wildman–Crippen LogP) is -0.317. The summed E-state index contributed by atoms with van der Waals surface area (Å²) in [6.45, 7) is 0.524. The molecule has 0 aliphatic carbocycles. The number of hydrogen-bond donors (Lipinski definition) is 1. The van der Waals surface area contributed by atoms with E-state index in [-0.39, 0.29) is 12.5 Å². The molecule has 0 saturated heterocycles. The lowest BCUT2D eigenvalue weighted by molar-refractivity contribution is -0.124. The molecule has 1 heterocycles. The van der Waals surface area contributed by atoms with Crippen LogP contribution in [0.3, 0.4) is 0 Å². The maximum Gasteiger partial charge on any atom is 0.246 e. The number of aryl methyl sites for hydroxylation is 1. The Bertz CT molecular complexity index is 283. The second-order valence-corrected chi connectivity index (χ2v) is 2.66. The molecule has 0 radical (unpaired) electrons. The molecule has 0 atom stereocenters. The highest BCUT2D eigenvalue weighted by atomic mass is 16.5. The number of imidazole rings is 1. The van der Waals surface area contributed by atoms with Gasteiger partial charge < -0.3 is 14.6 Å². The number of hydrogen-bond acceptors (Lipinski definition) is 3. The molecule has 0 saturated carbocycles. The number of amides is 1. The topological polar surface area (TPSA) is 56.1 Å². The van der Waals surface area contributed by atoms with Crippen LogP contribution < -0.4 is 5.32 Å². The molecular formula is C8H13N3O2. The number of carbonyl (C=O) groups excluding carboxylic acids is 1. The minimum absolute atomic E-state index is 0.0877. The molecule has 13 heavy (non-hydrogen) atoms. The van der Waals surface area contributed by atoms with Crippen LogP contribution in [-0.4, -0.2) is 29.2 Å². The van der Waals surface area contributed by atoms with E-state index in [4.69, 9.17) is 0 Å². The summed E-state index contributed by atoms with van der Waals surface area (Å²) < 4.78 is 6.52. The largest absolute Gasteiger partial charge is 0.375 e. The summed E-state index contributed by atoms with van der Waals surface area (Å²) in [4.78, 5) is 15.0. The molecule has 0 aliphatic rings. The number of aromatic nitrogens is 2. The minimum atomic E-state index is -0.134. The smallest absolute Gasteiger partial charge is 0.246 e. The van der Waals surface area contributed by atoms with E-state index in [1.54, 1.807) is 6.20 Å². The first-order valence-corrected chi connectivity index (χ1v) is 3.96. The molecule has 1 amide bonds. The molecule has 5 nitrogen and oxygen atoms in total. The van der Waals surface area contributed by atoms with E-state index in [0.29, 0.717) is 6.54 Å². The summed E-state index contributed by atoms with van der Waals surface area (Å²) in [6, 6.07) is 0. The van der Waals surface area contributed by atoms with Gasteiger partial charge in [0.2, 0.25) is 5.91 Å². The van der Waals surface area contributed by atoms with Crippen molar-refractivity contribution < 1.29 is 9.53 Å². The highest BCUT2D eigenvalue weighted by molar-refractivity contribution is 5.76. The van der Waals surface area contributed by atoms with Crippen LogP contribution in [0.15, 0.2) is 12.4 Å². The van der Waals surface area contributed by atoms with Gasteiger partial charge in [-0.3, -0.25) is 4.79 Å². The Morgan fingerprint density at radius 2 is 2.54 bits per heavy atom. The highest BCUT2D eigenvalue weighted by Gasteiger charge is 2.02. The summed E-state index contributed by atoms with van der Waals surface area (Å²) in [7, 11) is 3.37. The quantitative estimate of drug-likeness (QED) is 0.696. The van der Waals surface area contributed by atoms with Gasteiger partial charge in [-0.15, -0.1) is 0 Å². The van der Waals surface area contributed by atoms with Crippen molar-refractivity contribution in [2.75, 3.05) is 13.7 Å².